The predicted molar refractivity (Wildman–Crippen MR) is 134 cm³/mol. The molecule has 0 aliphatic heterocycles. The SMILES string of the molecule is CCOc1c(/C=C2/C(=O)c3c(O)c(C)c(C)c(O)c3C(O)=C2O)c(=O)c2c(=O)c(C)c(C)c(=O)c=2c1=O. The van der Waals surface area contributed by atoms with Crippen molar-refractivity contribution in [3.8, 4) is 17.2 Å². The molecule has 0 spiro atoms. The number of aliphatic hydroxyl groups excluding tert-OH is 2. The first-order valence-electron chi connectivity index (χ1n) is 11.2. The van der Waals surface area contributed by atoms with E-state index in [0.29, 0.717) is 0 Å². The van der Waals surface area contributed by atoms with E-state index in [1.54, 1.807) is 0 Å². The summed E-state index contributed by atoms with van der Waals surface area (Å²) in [6.07, 6.45) is 0.760. The van der Waals surface area contributed by atoms with Crippen LogP contribution in [-0.2, 0) is 0 Å². The summed E-state index contributed by atoms with van der Waals surface area (Å²) in [5.41, 5.74) is -5.84. The van der Waals surface area contributed by atoms with Gasteiger partial charge in [-0.15, -0.1) is 0 Å². The van der Waals surface area contributed by atoms with Crippen LogP contribution in [0.4, 0.5) is 0 Å². The molecule has 190 valence electrons. The van der Waals surface area contributed by atoms with Crippen molar-refractivity contribution in [2.24, 2.45) is 0 Å². The average Bonchev–Trinajstić information content (AvgIpc) is 2.86. The zero-order valence-electron chi connectivity index (χ0n) is 20.5. The number of benzene rings is 1. The molecule has 10 heteroatoms. The summed E-state index contributed by atoms with van der Waals surface area (Å²) < 4.78 is 5.35. The maximum absolute atomic E-state index is 13.5. The number of allylic oxidation sites excluding steroid dienone is 1. The first kappa shape index (κ1) is 25.4. The number of Topliss-reactive ketones (excluding diaryl/α,β-unsaturated/α-hetero) is 1. The van der Waals surface area contributed by atoms with Gasteiger partial charge in [0, 0.05) is 11.1 Å². The van der Waals surface area contributed by atoms with Crippen molar-refractivity contribution in [1.82, 2.24) is 0 Å². The number of phenolic OH excluding ortho intramolecular Hbond substituents is 2. The minimum atomic E-state index is -1.09. The van der Waals surface area contributed by atoms with Gasteiger partial charge in [-0.25, -0.2) is 0 Å². The molecule has 3 aliphatic rings. The van der Waals surface area contributed by atoms with E-state index in [1.165, 1.54) is 34.6 Å². The number of aliphatic hydroxyl groups is 2. The van der Waals surface area contributed by atoms with Gasteiger partial charge in [-0.1, -0.05) is 0 Å². The standard InChI is InChI=1S/C27H22O10/c1-6-37-27-13(23(33)15-17(26(27)36)21(31)11(5)9(3)19(15)29)7-12-22(32)14-16(25(35)24(12)34)20(30)10(4)8(2)18(14)28/h7,28,30,34-35H,6H2,1-5H3/b12-7-. The fourth-order valence-corrected chi connectivity index (χ4v) is 4.45. The molecule has 0 saturated heterocycles. The number of carbonyl (C=O) groups is 1. The fraction of sp³-hybridized carbons (Fsp3) is 0.222. The molecule has 4 N–H and O–H groups in total. The fourth-order valence-electron chi connectivity index (χ4n) is 4.45. The Labute approximate surface area is 208 Å². The molecule has 0 heterocycles. The van der Waals surface area contributed by atoms with Crippen LogP contribution in [0.25, 0.3) is 11.8 Å². The molecule has 4 rings (SSSR count). The van der Waals surface area contributed by atoms with E-state index < -0.39 is 89.0 Å². The molecule has 0 fully saturated rings. The first-order chi connectivity index (χ1) is 17.3. The number of phenols is 2. The molecule has 0 saturated carbocycles. The molecule has 0 amide bonds. The molecule has 0 aromatic heterocycles. The summed E-state index contributed by atoms with van der Waals surface area (Å²) in [7, 11) is 0. The van der Waals surface area contributed by atoms with Crippen molar-refractivity contribution in [2.75, 3.05) is 6.61 Å². The molecule has 1 aromatic carbocycles. The third-order valence-electron chi connectivity index (χ3n) is 6.86. The van der Waals surface area contributed by atoms with Gasteiger partial charge in [-0.3, -0.25) is 24.0 Å². The van der Waals surface area contributed by atoms with E-state index in [0.717, 1.165) is 6.08 Å². The highest BCUT2D eigenvalue weighted by Crippen LogP contribution is 2.45. The number of ketones is 1. The minimum Gasteiger partial charge on any atom is -0.507 e. The van der Waals surface area contributed by atoms with Gasteiger partial charge < -0.3 is 25.2 Å². The first-order valence-corrected chi connectivity index (χ1v) is 11.2. The molecule has 0 bridgehead atoms. The molecular formula is C27H22O10. The summed E-state index contributed by atoms with van der Waals surface area (Å²) in [6.45, 7) is 6.92. The van der Waals surface area contributed by atoms with Gasteiger partial charge in [-0.05, 0) is 51.8 Å². The van der Waals surface area contributed by atoms with Crippen molar-refractivity contribution in [3.05, 3.63) is 102 Å². The van der Waals surface area contributed by atoms with Gasteiger partial charge in [0.2, 0.25) is 16.6 Å². The van der Waals surface area contributed by atoms with Crippen molar-refractivity contribution < 1.29 is 30.0 Å². The number of rotatable bonds is 3. The van der Waals surface area contributed by atoms with Crippen LogP contribution in [0.3, 0.4) is 0 Å². The smallest absolute Gasteiger partial charge is 0.233 e. The van der Waals surface area contributed by atoms with E-state index >= 15 is 0 Å². The van der Waals surface area contributed by atoms with E-state index in [9.17, 15) is 44.4 Å². The van der Waals surface area contributed by atoms with Gasteiger partial charge in [0.05, 0.1) is 39.3 Å². The molecule has 3 aliphatic carbocycles. The Morgan fingerprint density at radius 2 is 1.14 bits per heavy atom. The van der Waals surface area contributed by atoms with Gasteiger partial charge in [0.1, 0.15) is 11.5 Å². The topological polar surface area (TPSA) is 176 Å². The molecule has 0 atom stereocenters. The average molecular weight is 506 g/mol. The summed E-state index contributed by atoms with van der Waals surface area (Å²) in [4.78, 5) is 65.9. The molecule has 10 nitrogen and oxygen atoms in total. The van der Waals surface area contributed by atoms with Crippen molar-refractivity contribution >= 4 is 17.6 Å². The van der Waals surface area contributed by atoms with Gasteiger partial charge in [-0.2, -0.15) is 0 Å². The third-order valence-corrected chi connectivity index (χ3v) is 6.86. The Bertz CT molecular complexity index is 1900. The second kappa shape index (κ2) is 8.44. The van der Waals surface area contributed by atoms with Crippen LogP contribution >= 0.6 is 0 Å². The highest BCUT2D eigenvalue weighted by atomic mass is 16.5. The lowest BCUT2D eigenvalue weighted by Crippen LogP contribution is -2.33. The Morgan fingerprint density at radius 1 is 0.649 bits per heavy atom. The Morgan fingerprint density at radius 3 is 1.65 bits per heavy atom. The summed E-state index contributed by atoms with van der Waals surface area (Å²) >= 11 is 0. The number of hydrogen-bond donors (Lipinski definition) is 4. The lowest BCUT2D eigenvalue weighted by atomic mass is 9.84. The van der Waals surface area contributed by atoms with Gasteiger partial charge in [0.15, 0.2) is 28.1 Å². The lowest BCUT2D eigenvalue weighted by Gasteiger charge is -2.22. The third kappa shape index (κ3) is 3.29. The number of hydrogen-bond acceptors (Lipinski definition) is 10. The van der Waals surface area contributed by atoms with Crippen LogP contribution in [0, 0.1) is 38.1 Å². The van der Waals surface area contributed by atoms with Gasteiger partial charge >= 0.3 is 0 Å². The maximum atomic E-state index is 13.5. The number of ether oxygens (including phenoxy) is 1. The quantitative estimate of drug-likeness (QED) is 0.303. The van der Waals surface area contributed by atoms with Crippen LogP contribution in [-0.4, -0.2) is 32.8 Å². The second-order valence-corrected chi connectivity index (χ2v) is 8.77. The second-order valence-electron chi connectivity index (χ2n) is 8.77. The number of fused-ring (bicyclic) bond motifs is 1. The lowest BCUT2D eigenvalue weighted by molar-refractivity contribution is 0.102. The van der Waals surface area contributed by atoms with Crippen molar-refractivity contribution in [3.63, 3.8) is 0 Å². The minimum absolute atomic E-state index is 0.00747. The summed E-state index contributed by atoms with van der Waals surface area (Å²) in [5.74, 6) is -4.81. The molecule has 0 radical (unpaired) electrons. The van der Waals surface area contributed by atoms with E-state index in [1.807, 2.05) is 0 Å². The molecule has 0 unspecified atom stereocenters. The largest absolute Gasteiger partial charge is 0.507 e. The van der Waals surface area contributed by atoms with Gasteiger partial charge in [0.25, 0.3) is 0 Å². The van der Waals surface area contributed by atoms with Crippen molar-refractivity contribution in [2.45, 2.75) is 34.6 Å². The van der Waals surface area contributed by atoms with Crippen LogP contribution < -0.4 is 26.5 Å². The Kier molecular flexibility index (Phi) is 5.79. The maximum Gasteiger partial charge on any atom is 0.233 e. The predicted octanol–water partition coefficient (Wildman–Crippen LogP) is 1.84. The van der Waals surface area contributed by atoms with E-state index in [-0.39, 0.29) is 28.9 Å². The Hall–Kier alpha value is -4.73. The Balaban J connectivity index is 2.21. The van der Waals surface area contributed by atoms with E-state index in [2.05, 4.69) is 0 Å². The molecular weight excluding hydrogens is 484 g/mol. The zero-order valence-corrected chi connectivity index (χ0v) is 20.5. The normalized spacial score (nSPS) is 14.5. The number of carbonyl (C=O) groups excluding carboxylic acids is 1. The highest BCUT2D eigenvalue weighted by Gasteiger charge is 2.37. The summed E-state index contributed by atoms with van der Waals surface area (Å²) in [6, 6.07) is 0. The molecule has 1 aromatic rings. The molecule has 37 heavy (non-hydrogen) atoms. The van der Waals surface area contributed by atoms with E-state index in [4.69, 9.17) is 4.74 Å². The van der Waals surface area contributed by atoms with Crippen LogP contribution in [0.5, 0.6) is 17.2 Å². The monoisotopic (exact) mass is 506 g/mol. The van der Waals surface area contributed by atoms with Crippen LogP contribution in [0.1, 0.15) is 50.7 Å². The van der Waals surface area contributed by atoms with Crippen LogP contribution in [0.2, 0.25) is 0 Å². The van der Waals surface area contributed by atoms with Crippen molar-refractivity contribution in [1.29, 1.82) is 0 Å². The highest BCUT2D eigenvalue weighted by molar-refractivity contribution is 6.21. The number of aromatic hydroxyl groups is 2. The van der Waals surface area contributed by atoms with Crippen LogP contribution in [0.15, 0.2) is 30.5 Å². The summed E-state index contributed by atoms with van der Waals surface area (Å²) in [5, 5.41) is 41.1. The zero-order chi connectivity index (χ0) is 27.7.